The number of carbonyl (C=O) groups is 1. The molecule has 142 valence electrons. The topological polar surface area (TPSA) is 40.5 Å². The monoisotopic (exact) mass is 371 g/mol. The Balaban J connectivity index is 1.87. The zero-order chi connectivity index (χ0) is 19.6. The molecule has 0 aliphatic carbocycles. The number of aliphatic hydroxyl groups excluding tert-OH is 1. The third-order valence-electron chi connectivity index (χ3n) is 6.06. The number of hydrogen-bond acceptors (Lipinski definition) is 2. The Morgan fingerprint density at radius 1 is 0.893 bits per heavy atom. The van der Waals surface area contributed by atoms with E-state index in [1.165, 1.54) is 0 Å². The Morgan fingerprint density at radius 2 is 1.36 bits per heavy atom. The molecule has 1 N–H and O–H groups in total. The number of rotatable bonds is 5. The average Bonchev–Trinajstić information content (AvgIpc) is 3.08. The number of hydrogen-bond donors (Lipinski definition) is 1. The zero-order valence-corrected chi connectivity index (χ0v) is 16.0. The largest absolute Gasteiger partial charge is 0.396 e. The number of nitrogens with zero attached hydrogens (tertiary/aromatic N) is 1. The van der Waals surface area contributed by atoms with Crippen LogP contribution in [0.25, 0.3) is 0 Å². The summed E-state index contributed by atoms with van der Waals surface area (Å²) >= 11 is 0. The van der Waals surface area contributed by atoms with E-state index in [1.54, 1.807) is 0 Å². The third kappa shape index (κ3) is 2.83. The second kappa shape index (κ2) is 7.61. The van der Waals surface area contributed by atoms with Gasteiger partial charge in [-0.1, -0.05) is 91.0 Å². The minimum Gasteiger partial charge on any atom is -0.396 e. The number of likely N-dealkylation sites (tertiary alicyclic amines) is 1. The van der Waals surface area contributed by atoms with Crippen molar-refractivity contribution in [2.45, 2.75) is 18.4 Å². The van der Waals surface area contributed by atoms with Crippen LogP contribution in [0.5, 0.6) is 0 Å². The molecule has 28 heavy (non-hydrogen) atoms. The van der Waals surface area contributed by atoms with Crippen molar-refractivity contribution in [2.75, 3.05) is 13.2 Å². The lowest BCUT2D eigenvalue weighted by Gasteiger charge is -2.34. The van der Waals surface area contributed by atoms with Gasteiger partial charge in [0.05, 0.1) is 6.04 Å². The van der Waals surface area contributed by atoms with Crippen LogP contribution in [-0.4, -0.2) is 29.1 Å². The normalized spacial score (nSPS) is 19.6. The molecule has 0 aromatic heterocycles. The van der Waals surface area contributed by atoms with Gasteiger partial charge in [-0.25, -0.2) is 0 Å². The zero-order valence-electron chi connectivity index (χ0n) is 16.0. The molecule has 0 saturated carbocycles. The summed E-state index contributed by atoms with van der Waals surface area (Å²) in [6, 6.07) is 29.8. The lowest BCUT2D eigenvalue weighted by Crippen LogP contribution is -2.43. The molecule has 0 bridgehead atoms. The summed E-state index contributed by atoms with van der Waals surface area (Å²) in [6.07, 6.45) is 0. The fourth-order valence-corrected chi connectivity index (χ4v) is 4.59. The Labute approximate surface area is 166 Å². The summed E-state index contributed by atoms with van der Waals surface area (Å²) in [4.78, 5) is 16.0. The van der Waals surface area contributed by atoms with Gasteiger partial charge in [0.1, 0.15) is 5.41 Å². The van der Waals surface area contributed by atoms with Gasteiger partial charge < -0.3 is 10.0 Å². The molecule has 3 aromatic rings. The molecular formula is C25H25NO2. The van der Waals surface area contributed by atoms with Crippen LogP contribution >= 0.6 is 0 Å². The van der Waals surface area contributed by atoms with Crippen LogP contribution in [0.4, 0.5) is 0 Å². The van der Waals surface area contributed by atoms with Crippen LogP contribution in [0.3, 0.4) is 0 Å². The quantitative estimate of drug-likeness (QED) is 0.731. The predicted octanol–water partition coefficient (Wildman–Crippen LogP) is 4.18. The number of aliphatic hydroxyl groups is 1. The summed E-state index contributed by atoms with van der Waals surface area (Å²) in [5.74, 6) is -0.156. The van der Waals surface area contributed by atoms with E-state index in [2.05, 4.69) is 19.1 Å². The number of benzene rings is 3. The summed E-state index contributed by atoms with van der Waals surface area (Å²) in [5.41, 5.74) is 2.10. The lowest BCUT2D eigenvalue weighted by atomic mass is 9.67. The molecule has 1 saturated heterocycles. The van der Waals surface area contributed by atoms with Gasteiger partial charge in [-0.3, -0.25) is 4.79 Å². The Bertz CT molecular complexity index is 885. The molecule has 4 rings (SSSR count). The van der Waals surface area contributed by atoms with Crippen molar-refractivity contribution >= 4 is 5.91 Å². The molecule has 1 heterocycles. The molecule has 1 aliphatic rings. The molecule has 3 heteroatoms. The maximum Gasteiger partial charge on any atom is 0.238 e. The highest BCUT2D eigenvalue weighted by molar-refractivity contribution is 5.95. The molecule has 0 spiro atoms. The van der Waals surface area contributed by atoms with Crippen molar-refractivity contribution in [1.29, 1.82) is 0 Å². The summed E-state index contributed by atoms with van der Waals surface area (Å²) in [5, 5.41) is 10.3. The molecule has 1 aliphatic heterocycles. The predicted molar refractivity (Wildman–Crippen MR) is 111 cm³/mol. The van der Waals surface area contributed by atoms with E-state index in [9.17, 15) is 9.90 Å². The summed E-state index contributed by atoms with van der Waals surface area (Å²) in [6.45, 7) is 2.54. The minimum atomic E-state index is -0.875. The van der Waals surface area contributed by atoms with Crippen LogP contribution in [-0.2, 0) is 10.2 Å². The van der Waals surface area contributed by atoms with Gasteiger partial charge in [-0.2, -0.15) is 0 Å². The maximum atomic E-state index is 14.0. The SMILES string of the molecule is C[C@H](c1ccccc1)N1C[C@H](CO)C(c2ccccc2)(c2ccccc2)C1=O. The van der Waals surface area contributed by atoms with Gasteiger partial charge in [-0.05, 0) is 23.6 Å². The smallest absolute Gasteiger partial charge is 0.238 e. The van der Waals surface area contributed by atoms with E-state index in [0.29, 0.717) is 6.54 Å². The first-order chi connectivity index (χ1) is 13.7. The van der Waals surface area contributed by atoms with E-state index in [0.717, 1.165) is 16.7 Å². The third-order valence-corrected chi connectivity index (χ3v) is 6.06. The lowest BCUT2D eigenvalue weighted by molar-refractivity contribution is -0.133. The fourth-order valence-electron chi connectivity index (χ4n) is 4.59. The summed E-state index contributed by atoms with van der Waals surface area (Å²) < 4.78 is 0. The molecule has 1 amide bonds. The van der Waals surface area contributed by atoms with Crippen LogP contribution in [0.2, 0.25) is 0 Å². The fraction of sp³-hybridized carbons (Fsp3) is 0.240. The highest BCUT2D eigenvalue weighted by Crippen LogP contribution is 2.47. The molecular weight excluding hydrogens is 346 g/mol. The Morgan fingerprint density at radius 3 is 1.82 bits per heavy atom. The van der Waals surface area contributed by atoms with E-state index in [1.807, 2.05) is 83.8 Å². The average molecular weight is 371 g/mol. The van der Waals surface area contributed by atoms with Gasteiger partial charge >= 0.3 is 0 Å². The van der Waals surface area contributed by atoms with Crippen molar-refractivity contribution in [3.63, 3.8) is 0 Å². The van der Waals surface area contributed by atoms with Gasteiger partial charge in [0.15, 0.2) is 0 Å². The number of carbonyl (C=O) groups excluding carboxylic acids is 1. The molecule has 3 nitrogen and oxygen atoms in total. The first kappa shape index (κ1) is 18.5. The second-order valence-electron chi connectivity index (χ2n) is 7.46. The molecule has 3 aromatic carbocycles. The highest BCUT2D eigenvalue weighted by Gasteiger charge is 2.56. The Kier molecular flexibility index (Phi) is 5.01. The maximum absolute atomic E-state index is 14.0. The second-order valence-corrected chi connectivity index (χ2v) is 7.46. The van der Waals surface area contributed by atoms with E-state index < -0.39 is 5.41 Å². The first-order valence-corrected chi connectivity index (χ1v) is 9.77. The standard InChI is InChI=1S/C25H25NO2/c1-19(20-11-5-2-6-12-20)26-17-23(18-27)25(24(26)28,21-13-7-3-8-14-21)22-15-9-4-10-16-22/h2-16,19,23,27H,17-18H2,1H3/t19-,23-/m1/s1. The van der Waals surface area contributed by atoms with Gasteiger partial charge in [0.2, 0.25) is 5.91 Å². The van der Waals surface area contributed by atoms with Crippen LogP contribution in [0.1, 0.15) is 29.7 Å². The van der Waals surface area contributed by atoms with E-state index >= 15 is 0 Å². The van der Waals surface area contributed by atoms with E-state index in [4.69, 9.17) is 0 Å². The van der Waals surface area contributed by atoms with Crippen molar-refractivity contribution in [3.05, 3.63) is 108 Å². The summed E-state index contributed by atoms with van der Waals surface area (Å²) in [7, 11) is 0. The molecule has 1 fully saturated rings. The van der Waals surface area contributed by atoms with Gasteiger partial charge in [0.25, 0.3) is 0 Å². The van der Waals surface area contributed by atoms with Crippen molar-refractivity contribution in [3.8, 4) is 0 Å². The molecule has 0 unspecified atom stereocenters. The number of amides is 1. The first-order valence-electron chi connectivity index (χ1n) is 9.77. The van der Waals surface area contributed by atoms with Crippen LogP contribution in [0.15, 0.2) is 91.0 Å². The molecule has 0 radical (unpaired) electrons. The van der Waals surface area contributed by atoms with Crippen molar-refractivity contribution in [2.24, 2.45) is 5.92 Å². The van der Waals surface area contributed by atoms with Crippen molar-refractivity contribution in [1.82, 2.24) is 4.90 Å². The van der Waals surface area contributed by atoms with E-state index in [-0.39, 0.29) is 24.5 Å². The highest BCUT2D eigenvalue weighted by atomic mass is 16.3. The van der Waals surface area contributed by atoms with Crippen LogP contribution in [0, 0.1) is 5.92 Å². The van der Waals surface area contributed by atoms with Crippen LogP contribution < -0.4 is 0 Å². The van der Waals surface area contributed by atoms with Crippen molar-refractivity contribution < 1.29 is 9.90 Å². The Hall–Kier alpha value is -2.91. The minimum absolute atomic E-state index is 0.0481. The van der Waals surface area contributed by atoms with Gasteiger partial charge in [-0.15, -0.1) is 0 Å². The van der Waals surface area contributed by atoms with Gasteiger partial charge in [0, 0.05) is 19.1 Å². The molecule has 2 atom stereocenters.